The molecule has 0 saturated carbocycles. The Morgan fingerprint density at radius 2 is 1.77 bits per heavy atom. The van der Waals surface area contributed by atoms with E-state index in [0.29, 0.717) is 17.7 Å². The number of nitriles is 1. The number of imide groups is 1. The van der Waals surface area contributed by atoms with Crippen LogP contribution in [0.5, 0.6) is 5.75 Å². The Morgan fingerprint density at radius 3 is 2.31 bits per heavy atom. The number of hydrogen-bond acceptors (Lipinski definition) is 4. The minimum atomic E-state index is -1.07. The van der Waals surface area contributed by atoms with Crippen molar-refractivity contribution < 1.29 is 14.3 Å². The number of hydrogen-bond donors (Lipinski definition) is 1. The summed E-state index contributed by atoms with van der Waals surface area (Å²) in [6.07, 6.45) is 0.438. The van der Waals surface area contributed by atoms with Crippen molar-refractivity contribution in [1.29, 1.82) is 5.26 Å². The summed E-state index contributed by atoms with van der Waals surface area (Å²) in [5, 5.41) is 11.7. The Kier molecular flexibility index (Phi) is 4.63. The highest BCUT2D eigenvalue weighted by atomic mass is 16.5. The summed E-state index contributed by atoms with van der Waals surface area (Å²) >= 11 is 0. The van der Waals surface area contributed by atoms with E-state index in [0.717, 1.165) is 11.1 Å². The van der Waals surface area contributed by atoms with Gasteiger partial charge < -0.3 is 10.1 Å². The number of nitrogens with one attached hydrogen (secondary N) is 1. The van der Waals surface area contributed by atoms with Gasteiger partial charge in [-0.3, -0.25) is 9.69 Å². The van der Waals surface area contributed by atoms with Gasteiger partial charge in [0.2, 0.25) is 0 Å². The maximum absolute atomic E-state index is 13.1. The highest BCUT2D eigenvalue weighted by molar-refractivity contribution is 6.07. The fraction of sp³-hybridized carbons (Fsp3) is 0.250. The molecule has 0 spiro atoms. The lowest BCUT2D eigenvalue weighted by Gasteiger charge is -2.26. The van der Waals surface area contributed by atoms with E-state index in [4.69, 9.17) is 10.00 Å². The molecule has 1 fully saturated rings. The molecule has 1 heterocycles. The van der Waals surface area contributed by atoms with Crippen LogP contribution in [0, 0.1) is 11.3 Å². The zero-order valence-corrected chi connectivity index (χ0v) is 14.7. The van der Waals surface area contributed by atoms with Crippen LogP contribution in [0.25, 0.3) is 0 Å². The Labute approximate surface area is 152 Å². The zero-order valence-electron chi connectivity index (χ0n) is 14.7. The number of rotatable bonds is 5. The maximum Gasteiger partial charge on any atom is 0.325 e. The van der Waals surface area contributed by atoms with Gasteiger partial charge in [-0.05, 0) is 41.8 Å². The number of urea groups is 1. The Morgan fingerprint density at radius 1 is 1.12 bits per heavy atom. The van der Waals surface area contributed by atoms with Crippen molar-refractivity contribution in [2.24, 2.45) is 0 Å². The number of carbonyl (C=O) groups excluding carboxylic acids is 2. The van der Waals surface area contributed by atoms with Crippen molar-refractivity contribution in [3.05, 3.63) is 65.2 Å². The predicted octanol–water partition coefficient (Wildman–Crippen LogP) is 2.92. The Bertz CT molecular complexity index is 869. The summed E-state index contributed by atoms with van der Waals surface area (Å²) in [7, 11) is 1.58. The number of amides is 3. The Balaban J connectivity index is 1.88. The number of nitrogens with zero attached hydrogens (tertiary/aromatic N) is 2. The van der Waals surface area contributed by atoms with E-state index in [2.05, 4.69) is 5.32 Å². The van der Waals surface area contributed by atoms with E-state index < -0.39 is 11.6 Å². The molecular weight excluding hydrogens is 330 g/mol. The molecule has 26 heavy (non-hydrogen) atoms. The molecule has 2 aromatic rings. The molecule has 1 saturated heterocycles. The third kappa shape index (κ3) is 2.88. The molecule has 1 aliphatic heterocycles. The van der Waals surface area contributed by atoms with Gasteiger partial charge >= 0.3 is 6.03 Å². The molecule has 6 heteroatoms. The predicted molar refractivity (Wildman–Crippen MR) is 95.2 cm³/mol. The topological polar surface area (TPSA) is 82.4 Å². The lowest BCUT2D eigenvalue weighted by Crippen LogP contribution is -2.43. The van der Waals surface area contributed by atoms with E-state index in [1.54, 1.807) is 55.6 Å². The largest absolute Gasteiger partial charge is 0.497 e. The first-order valence-electron chi connectivity index (χ1n) is 8.31. The highest BCUT2D eigenvalue weighted by Gasteiger charge is 2.51. The molecule has 1 atom stereocenters. The molecule has 2 aromatic carbocycles. The molecular formula is C20H19N3O3. The second-order valence-electron chi connectivity index (χ2n) is 6.12. The van der Waals surface area contributed by atoms with Gasteiger partial charge in [-0.2, -0.15) is 5.26 Å². The second kappa shape index (κ2) is 6.89. The lowest BCUT2D eigenvalue weighted by atomic mass is 9.87. The normalized spacial score (nSPS) is 19.2. The van der Waals surface area contributed by atoms with Crippen LogP contribution in [0.3, 0.4) is 0 Å². The maximum atomic E-state index is 13.1. The van der Waals surface area contributed by atoms with Crippen molar-refractivity contribution >= 4 is 11.9 Å². The van der Waals surface area contributed by atoms with Crippen LogP contribution < -0.4 is 10.1 Å². The molecule has 6 nitrogen and oxygen atoms in total. The molecule has 3 amide bonds. The number of carbonyl (C=O) groups is 2. The molecule has 1 aliphatic rings. The quantitative estimate of drug-likeness (QED) is 0.842. The van der Waals surface area contributed by atoms with Gasteiger partial charge in [0, 0.05) is 0 Å². The summed E-state index contributed by atoms with van der Waals surface area (Å²) in [6.45, 7) is 2.03. The van der Waals surface area contributed by atoms with Crippen molar-refractivity contribution in [1.82, 2.24) is 10.2 Å². The van der Waals surface area contributed by atoms with E-state index in [1.165, 1.54) is 4.90 Å². The molecule has 0 unspecified atom stereocenters. The van der Waals surface area contributed by atoms with Gasteiger partial charge in [0.05, 0.1) is 25.3 Å². The lowest BCUT2D eigenvalue weighted by molar-refractivity contribution is -0.132. The number of ether oxygens (including phenoxy) is 1. The van der Waals surface area contributed by atoms with E-state index in [9.17, 15) is 9.59 Å². The van der Waals surface area contributed by atoms with Crippen LogP contribution in [0.2, 0.25) is 0 Å². The number of benzene rings is 2. The van der Waals surface area contributed by atoms with Crippen molar-refractivity contribution in [3.8, 4) is 11.8 Å². The van der Waals surface area contributed by atoms with Crippen LogP contribution in [-0.2, 0) is 16.9 Å². The minimum Gasteiger partial charge on any atom is -0.497 e. The van der Waals surface area contributed by atoms with Crippen molar-refractivity contribution in [2.45, 2.75) is 25.4 Å². The summed E-state index contributed by atoms with van der Waals surface area (Å²) in [5.74, 6) is 0.408. The number of methoxy groups -OCH3 is 1. The van der Waals surface area contributed by atoms with Gasteiger partial charge in [-0.15, -0.1) is 0 Å². The highest BCUT2D eigenvalue weighted by Crippen LogP contribution is 2.34. The van der Waals surface area contributed by atoms with Gasteiger partial charge in [0.25, 0.3) is 5.91 Å². The van der Waals surface area contributed by atoms with E-state index >= 15 is 0 Å². The average molecular weight is 349 g/mol. The third-order valence-electron chi connectivity index (χ3n) is 4.71. The summed E-state index contributed by atoms with van der Waals surface area (Å²) in [6, 6.07) is 15.6. The molecule has 0 bridgehead atoms. The van der Waals surface area contributed by atoms with Crippen LogP contribution in [-0.4, -0.2) is 23.9 Å². The first-order chi connectivity index (χ1) is 12.5. The smallest absolute Gasteiger partial charge is 0.325 e. The standard InChI is InChI=1S/C20H19N3O3/c1-3-20(16-8-10-17(26-2)11-9-16)18(24)23(19(25)22-20)13-15-6-4-14(12-21)5-7-15/h4-11H,3,13H2,1-2H3,(H,22,25)/t20-/m0/s1. The van der Waals surface area contributed by atoms with Gasteiger partial charge in [0.1, 0.15) is 11.3 Å². The Hall–Kier alpha value is -3.33. The molecule has 1 N–H and O–H groups in total. The van der Waals surface area contributed by atoms with Gasteiger partial charge in [0.15, 0.2) is 0 Å². The van der Waals surface area contributed by atoms with Crippen molar-refractivity contribution in [3.63, 3.8) is 0 Å². The molecule has 0 aromatic heterocycles. The molecule has 0 radical (unpaired) electrons. The first-order valence-corrected chi connectivity index (χ1v) is 8.31. The third-order valence-corrected chi connectivity index (χ3v) is 4.71. The summed E-state index contributed by atoms with van der Waals surface area (Å²) in [5.41, 5.74) is 0.971. The monoisotopic (exact) mass is 349 g/mol. The average Bonchev–Trinajstić information content (AvgIpc) is 2.93. The summed E-state index contributed by atoms with van der Waals surface area (Å²) < 4.78 is 5.16. The molecule has 0 aliphatic carbocycles. The second-order valence-corrected chi connectivity index (χ2v) is 6.12. The zero-order chi connectivity index (χ0) is 18.7. The SMILES string of the molecule is CC[C@@]1(c2ccc(OC)cc2)NC(=O)N(Cc2ccc(C#N)cc2)C1=O. The van der Waals surface area contributed by atoms with Crippen LogP contribution >= 0.6 is 0 Å². The van der Waals surface area contributed by atoms with Crippen LogP contribution in [0.15, 0.2) is 48.5 Å². The van der Waals surface area contributed by atoms with Crippen molar-refractivity contribution in [2.75, 3.05) is 7.11 Å². The molecule has 3 rings (SSSR count). The van der Waals surface area contributed by atoms with Gasteiger partial charge in [-0.1, -0.05) is 31.2 Å². The molecule has 132 valence electrons. The minimum absolute atomic E-state index is 0.161. The van der Waals surface area contributed by atoms with Crippen LogP contribution in [0.1, 0.15) is 30.0 Å². The fourth-order valence-corrected chi connectivity index (χ4v) is 3.15. The van der Waals surface area contributed by atoms with E-state index in [-0.39, 0.29) is 12.5 Å². The van der Waals surface area contributed by atoms with Crippen LogP contribution in [0.4, 0.5) is 4.79 Å². The van der Waals surface area contributed by atoms with E-state index in [1.807, 2.05) is 13.0 Å². The van der Waals surface area contributed by atoms with Gasteiger partial charge in [-0.25, -0.2) is 4.79 Å². The summed E-state index contributed by atoms with van der Waals surface area (Å²) in [4.78, 5) is 26.8. The first kappa shape index (κ1) is 17.5. The fourth-order valence-electron chi connectivity index (χ4n) is 3.15.